The summed E-state index contributed by atoms with van der Waals surface area (Å²) in [5.41, 5.74) is 0. The minimum Gasteiger partial charge on any atom is -0.477 e. The second kappa shape index (κ2) is 5.50. The van der Waals surface area contributed by atoms with Crippen LogP contribution in [-0.4, -0.2) is 40.9 Å². The number of hydrogen-bond acceptors (Lipinski definition) is 5. The molecule has 19 heavy (non-hydrogen) atoms. The molecule has 0 spiro atoms. The molecule has 1 aliphatic rings. The van der Waals surface area contributed by atoms with Gasteiger partial charge in [0.15, 0.2) is 0 Å². The minimum absolute atomic E-state index is 0.160. The summed E-state index contributed by atoms with van der Waals surface area (Å²) in [4.78, 5) is 36.1. The van der Waals surface area contributed by atoms with E-state index in [9.17, 15) is 14.4 Å². The van der Waals surface area contributed by atoms with Gasteiger partial charge in [-0.25, -0.2) is 4.79 Å². The highest BCUT2D eigenvalue weighted by Crippen LogP contribution is 2.17. The van der Waals surface area contributed by atoms with Crippen molar-refractivity contribution in [2.75, 3.05) is 7.05 Å². The summed E-state index contributed by atoms with van der Waals surface area (Å²) in [7, 11) is 1.48. The first-order valence-electron chi connectivity index (χ1n) is 5.85. The summed E-state index contributed by atoms with van der Waals surface area (Å²) >= 11 is 1.18. The lowest BCUT2D eigenvalue weighted by atomic mass is 10.0. The van der Waals surface area contributed by atoms with Crippen molar-refractivity contribution in [3.05, 3.63) is 21.9 Å². The molecule has 7 heteroatoms. The normalized spacial score (nSPS) is 19.8. The van der Waals surface area contributed by atoms with Crippen molar-refractivity contribution in [2.45, 2.75) is 25.4 Å². The van der Waals surface area contributed by atoms with E-state index in [4.69, 9.17) is 5.11 Å². The molecule has 2 N–H and O–H groups in total. The van der Waals surface area contributed by atoms with Crippen molar-refractivity contribution in [3.8, 4) is 0 Å². The van der Waals surface area contributed by atoms with Crippen LogP contribution in [0.3, 0.4) is 0 Å². The lowest BCUT2D eigenvalue weighted by molar-refractivity contribution is -0.148. The highest BCUT2D eigenvalue weighted by molar-refractivity contribution is 7.13. The summed E-state index contributed by atoms with van der Waals surface area (Å²) < 4.78 is 0. The summed E-state index contributed by atoms with van der Waals surface area (Å²) in [6.45, 7) is 0.427. The SMILES string of the molecule is CN1C(=O)CCC(NCc2ccc(C(=O)O)s2)C1=O. The number of imide groups is 1. The molecular weight excluding hydrogens is 268 g/mol. The van der Waals surface area contributed by atoms with Crippen LogP contribution in [-0.2, 0) is 16.1 Å². The number of carbonyl (C=O) groups is 3. The van der Waals surface area contributed by atoms with Crippen molar-refractivity contribution in [3.63, 3.8) is 0 Å². The van der Waals surface area contributed by atoms with Crippen LogP contribution in [0.1, 0.15) is 27.4 Å². The Morgan fingerprint density at radius 2 is 2.26 bits per heavy atom. The number of nitrogens with one attached hydrogen (secondary N) is 1. The van der Waals surface area contributed by atoms with Gasteiger partial charge >= 0.3 is 5.97 Å². The standard InChI is InChI=1S/C12H14N2O4S/c1-14-10(15)5-3-8(11(14)16)13-6-7-2-4-9(19-7)12(17)18/h2,4,8,13H,3,5-6H2,1H3,(H,17,18). The summed E-state index contributed by atoms with van der Waals surface area (Å²) in [5.74, 6) is -1.34. The number of aromatic carboxylic acids is 1. The fourth-order valence-electron chi connectivity index (χ4n) is 1.92. The van der Waals surface area contributed by atoms with E-state index in [-0.39, 0.29) is 22.7 Å². The third kappa shape index (κ3) is 2.99. The maximum absolute atomic E-state index is 11.8. The second-order valence-corrected chi connectivity index (χ2v) is 5.50. The Balaban J connectivity index is 1.93. The van der Waals surface area contributed by atoms with Crippen molar-refractivity contribution >= 4 is 29.1 Å². The summed E-state index contributed by atoms with van der Waals surface area (Å²) in [5, 5.41) is 11.9. The van der Waals surface area contributed by atoms with Gasteiger partial charge in [0.05, 0.1) is 6.04 Å². The largest absolute Gasteiger partial charge is 0.477 e. The number of carboxylic acids is 1. The number of rotatable bonds is 4. The van der Waals surface area contributed by atoms with E-state index in [1.807, 2.05) is 0 Å². The maximum Gasteiger partial charge on any atom is 0.345 e. The van der Waals surface area contributed by atoms with Gasteiger partial charge in [-0.1, -0.05) is 0 Å². The van der Waals surface area contributed by atoms with Crippen molar-refractivity contribution < 1.29 is 19.5 Å². The molecule has 1 fully saturated rings. The number of likely N-dealkylation sites (N-methyl/N-ethyl adjacent to an activating group) is 1. The molecule has 1 aliphatic heterocycles. The molecule has 1 aromatic rings. The van der Waals surface area contributed by atoms with Gasteiger partial charge in [0.1, 0.15) is 4.88 Å². The van der Waals surface area contributed by atoms with Crippen LogP contribution in [0.15, 0.2) is 12.1 Å². The van der Waals surface area contributed by atoms with Crippen LogP contribution in [0.25, 0.3) is 0 Å². The average Bonchev–Trinajstić information content (AvgIpc) is 2.84. The predicted molar refractivity (Wildman–Crippen MR) is 68.9 cm³/mol. The molecule has 0 saturated carbocycles. The van der Waals surface area contributed by atoms with E-state index in [1.165, 1.54) is 18.4 Å². The molecule has 1 unspecified atom stereocenters. The molecule has 2 heterocycles. The van der Waals surface area contributed by atoms with E-state index in [1.54, 1.807) is 12.1 Å². The minimum atomic E-state index is -0.949. The van der Waals surface area contributed by atoms with E-state index >= 15 is 0 Å². The van der Waals surface area contributed by atoms with Gasteiger partial charge in [-0.2, -0.15) is 0 Å². The number of amides is 2. The van der Waals surface area contributed by atoms with Gasteiger partial charge < -0.3 is 10.4 Å². The Hall–Kier alpha value is -1.73. The van der Waals surface area contributed by atoms with Crippen molar-refractivity contribution in [1.29, 1.82) is 0 Å². The number of carbonyl (C=O) groups excluding carboxylic acids is 2. The molecule has 2 amide bonds. The van der Waals surface area contributed by atoms with Crippen LogP contribution in [0.4, 0.5) is 0 Å². The Bertz CT molecular complexity index is 526. The predicted octanol–water partition coefficient (Wildman–Crippen LogP) is 0.683. The zero-order valence-electron chi connectivity index (χ0n) is 10.4. The average molecular weight is 282 g/mol. The first-order chi connectivity index (χ1) is 8.99. The van der Waals surface area contributed by atoms with Gasteiger partial charge in [-0.05, 0) is 18.6 Å². The Morgan fingerprint density at radius 1 is 1.53 bits per heavy atom. The van der Waals surface area contributed by atoms with Crippen LogP contribution in [0.2, 0.25) is 0 Å². The quantitative estimate of drug-likeness (QED) is 0.793. The monoisotopic (exact) mass is 282 g/mol. The number of carboxylic acid groups (broad SMARTS) is 1. The lowest BCUT2D eigenvalue weighted by Crippen LogP contribution is -2.51. The number of nitrogens with zero attached hydrogens (tertiary/aromatic N) is 1. The maximum atomic E-state index is 11.8. The van der Waals surface area contributed by atoms with Gasteiger partial charge in [0, 0.05) is 24.9 Å². The molecule has 2 rings (SSSR count). The molecule has 102 valence electrons. The Labute approximate surface area is 114 Å². The van der Waals surface area contributed by atoms with Crippen LogP contribution >= 0.6 is 11.3 Å². The highest BCUT2D eigenvalue weighted by Gasteiger charge is 2.31. The first-order valence-corrected chi connectivity index (χ1v) is 6.66. The van der Waals surface area contributed by atoms with Crippen LogP contribution in [0.5, 0.6) is 0 Å². The number of likely N-dealkylation sites (tertiary alicyclic amines) is 1. The smallest absolute Gasteiger partial charge is 0.345 e. The molecular formula is C12H14N2O4S. The molecule has 6 nitrogen and oxygen atoms in total. The molecule has 0 radical (unpaired) electrons. The van der Waals surface area contributed by atoms with E-state index < -0.39 is 5.97 Å². The second-order valence-electron chi connectivity index (χ2n) is 4.33. The Kier molecular flexibility index (Phi) is 3.96. The molecule has 0 aliphatic carbocycles. The Morgan fingerprint density at radius 3 is 2.89 bits per heavy atom. The third-order valence-corrected chi connectivity index (χ3v) is 4.12. The summed E-state index contributed by atoms with van der Waals surface area (Å²) in [6.07, 6.45) is 0.837. The third-order valence-electron chi connectivity index (χ3n) is 3.04. The molecule has 1 saturated heterocycles. The van der Waals surface area contributed by atoms with Crippen molar-refractivity contribution in [2.24, 2.45) is 0 Å². The van der Waals surface area contributed by atoms with Gasteiger partial charge in [0.25, 0.3) is 0 Å². The van der Waals surface area contributed by atoms with Gasteiger partial charge in [-0.3, -0.25) is 14.5 Å². The topological polar surface area (TPSA) is 86.7 Å². The van der Waals surface area contributed by atoms with Crippen LogP contribution < -0.4 is 5.32 Å². The molecule has 1 atom stereocenters. The number of piperidine rings is 1. The van der Waals surface area contributed by atoms with Crippen molar-refractivity contribution in [1.82, 2.24) is 10.2 Å². The molecule has 0 aromatic carbocycles. The fraction of sp³-hybridized carbons (Fsp3) is 0.417. The van der Waals surface area contributed by atoms with Gasteiger partial charge in [-0.15, -0.1) is 11.3 Å². The number of hydrogen-bond donors (Lipinski definition) is 2. The zero-order valence-corrected chi connectivity index (χ0v) is 11.2. The highest BCUT2D eigenvalue weighted by atomic mass is 32.1. The zero-order chi connectivity index (χ0) is 14.0. The number of thiophene rings is 1. The van der Waals surface area contributed by atoms with Crippen LogP contribution in [0, 0.1) is 0 Å². The lowest BCUT2D eigenvalue weighted by Gasteiger charge is -2.28. The molecule has 1 aromatic heterocycles. The van der Waals surface area contributed by atoms with E-state index in [2.05, 4.69) is 5.32 Å². The van der Waals surface area contributed by atoms with E-state index in [0.29, 0.717) is 19.4 Å². The molecule has 0 bridgehead atoms. The van der Waals surface area contributed by atoms with Gasteiger partial charge in [0.2, 0.25) is 11.8 Å². The van der Waals surface area contributed by atoms with E-state index in [0.717, 1.165) is 9.78 Å². The summed E-state index contributed by atoms with van der Waals surface area (Å²) in [6, 6.07) is 2.89. The first kappa shape index (κ1) is 13.7. The fourth-order valence-corrected chi connectivity index (χ4v) is 2.71.